The Labute approximate surface area is 150 Å². The molecule has 1 aromatic carbocycles. The molecule has 0 atom stereocenters. The highest BCUT2D eigenvalue weighted by atomic mass is 35.5. The van der Waals surface area contributed by atoms with Gasteiger partial charge in [0, 0.05) is 23.8 Å². The minimum Gasteiger partial charge on any atom is -0.496 e. The number of allylic oxidation sites excluding steroid dienone is 2. The van der Waals surface area contributed by atoms with Crippen LogP contribution in [0.15, 0.2) is 45.6 Å². The van der Waals surface area contributed by atoms with Gasteiger partial charge >= 0.3 is 0 Å². The summed E-state index contributed by atoms with van der Waals surface area (Å²) in [6.45, 7) is 2.90. The van der Waals surface area contributed by atoms with E-state index in [1.807, 2.05) is 11.1 Å². The highest BCUT2D eigenvalue weighted by Gasteiger charge is 2.21. The number of nitrogens with zero attached hydrogens (tertiary/aromatic N) is 2. The first-order valence-corrected chi connectivity index (χ1v) is 8.71. The van der Waals surface area contributed by atoms with Gasteiger partial charge in [-0.05, 0) is 24.6 Å². The number of thioether (sulfide) groups is 1. The number of unbranched alkanes of at least 4 members (excludes halogenated alkanes) is 1. The zero-order chi connectivity index (χ0) is 17.5. The predicted octanol–water partition coefficient (Wildman–Crippen LogP) is 4.52. The first-order chi connectivity index (χ1) is 11.6. The van der Waals surface area contributed by atoms with Crippen molar-refractivity contribution in [1.82, 2.24) is 4.90 Å². The van der Waals surface area contributed by atoms with Gasteiger partial charge in [-0.2, -0.15) is 0 Å². The molecule has 0 amide bonds. The summed E-state index contributed by atoms with van der Waals surface area (Å²) >= 11 is 7.38. The third-order valence-electron chi connectivity index (χ3n) is 3.41. The zero-order valence-electron chi connectivity index (χ0n) is 13.5. The molecular weight excluding hydrogens is 348 g/mol. The topological polar surface area (TPSA) is 62.1 Å². The lowest BCUT2D eigenvalue weighted by Crippen LogP contribution is -2.14. The van der Waals surface area contributed by atoms with Crippen LogP contribution in [0.4, 0.5) is 0 Å². The summed E-state index contributed by atoms with van der Waals surface area (Å²) in [5, 5.41) is 13.0. The van der Waals surface area contributed by atoms with E-state index >= 15 is 0 Å². The third kappa shape index (κ3) is 4.55. The maximum atomic E-state index is 12.7. The second-order valence-corrected chi connectivity index (χ2v) is 6.65. The van der Waals surface area contributed by atoms with Gasteiger partial charge in [-0.15, -0.1) is 0 Å². The number of ketones is 1. The molecule has 0 spiro atoms. The van der Waals surface area contributed by atoms with Crippen LogP contribution in [0.2, 0.25) is 5.02 Å². The van der Waals surface area contributed by atoms with Crippen molar-refractivity contribution >= 4 is 35.4 Å². The van der Waals surface area contributed by atoms with Gasteiger partial charge in [-0.1, -0.05) is 41.9 Å². The average molecular weight is 367 g/mol. The lowest BCUT2D eigenvalue weighted by atomic mass is 10.1. The highest BCUT2D eigenvalue weighted by Crippen LogP contribution is 2.36. The molecule has 1 aliphatic rings. The average Bonchev–Trinajstić information content (AvgIpc) is 2.94. The summed E-state index contributed by atoms with van der Waals surface area (Å²) in [7, 11) is 1.52. The molecule has 24 heavy (non-hydrogen) atoms. The Morgan fingerprint density at radius 3 is 2.96 bits per heavy atom. The fraction of sp³-hybridized carbons (Fsp3) is 0.294. The number of ether oxygens (including phenoxy) is 1. The van der Waals surface area contributed by atoms with Gasteiger partial charge in [0.2, 0.25) is 0 Å². The van der Waals surface area contributed by atoms with E-state index in [0.717, 1.165) is 29.3 Å². The van der Waals surface area contributed by atoms with Gasteiger partial charge in [-0.3, -0.25) is 4.79 Å². The minimum atomic E-state index is -0.186. The highest BCUT2D eigenvalue weighted by molar-refractivity contribution is 8.07. The maximum absolute atomic E-state index is 12.7. The van der Waals surface area contributed by atoms with Gasteiger partial charge < -0.3 is 14.8 Å². The van der Waals surface area contributed by atoms with Crippen LogP contribution in [0.5, 0.6) is 5.75 Å². The Morgan fingerprint density at radius 1 is 1.50 bits per heavy atom. The fourth-order valence-electron chi connectivity index (χ4n) is 2.22. The lowest BCUT2D eigenvalue weighted by Gasteiger charge is -2.16. The van der Waals surface area contributed by atoms with Crippen molar-refractivity contribution in [3.8, 4) is 5.75 Å². The van der Waals surface area contributed by atoms with Crippen LogP contribution in [-0.2, 0) is 0 Å². The second-order valence-electron chi connectivity index (χ2n) is 5.12. The summed E-state index contributed by atoms with van der Waals surface area (Å²) in [4.78, 5) is 15.4. The Morgan fingerprint density at radius 2 is 2.29 bits per heavy atom. The Bertz CT molecular complexity index is 701. The van der Waals surface area contributed by atoms with Crippen LogP contribution in [0.1, 0.15) is 30.1 Å². The van der Waals surface area contributed by atoms with Crippen LogP contribution in [0, 0.1) is 0 Å². The van der Waals surface area contributed by atoms with E-state index in [-0.39, 0.29) is 5.78 Å². The molecule has 0 bridgehead atoms. The monoisotopic (exact) mass is 366 g/mol. The standard InChI is InChI=1S/C17H19ClN2O3S/c1-3-4-7-20-11-13(10-19-22)24-17(20)9-15(21)14-8-12(18)5-6-16(14)23-2/h5-6,8-11,22H,3-4,7H2,1-2H3/b17-9-,19-10?. The van der Waals surface area contributed by atoms with Crippen molar-refractivity contribution < 1.29 is 14.7 Å². The molecule has 5 nitrogen and oxygen atoms in total. The predicted molar refractivity (Wildman–Crippen MR) is 98.0 cm³/mol. The van der Waals surface area contributed by atoms with E-state index < -0.39 is 0 Å². The molecule has 1 aliphatic heterocycles. The number of rotatable bonds is 7. The summed E-state index contributed by atoms with van der Waals surface area (Å²) in [6, 6.07) is 4.95. The number of hydrogen-bond acceptors (Lipinski definition) is 6. The first-order valence-electron chi connectivity index (χ1n) is 7.52. The molecule has 1 N–H and O–H groups in total. The quantitative estimate of drug-likeness (QED) is 0.253. The van der Waals surface area contributed by atoms with E-state index in [0.29, 0.717) is 16.3 Å². The van der Waals surface area contributed by atoms with Crippen molar-refractivity contribution in [3.63, 3.8) is 0 Å². The van der Waals surface area contributed by atoms with Crippen LogP contribution in [0.25, 0.3) is 0 Å². The Hall–Kier alpha value is -1.92. The normalized spacial score (nSPS) is 16.0. The van der Waals surface area contributed by atoms with E-state index in [1.165, 1.54) is 25.1 Å². The molecule has 1 heterocycles. The molecule has 2 rings (SSSR count). The van der Waals surface area contributed by atoms with E-state index in [2.05, 4.69) is 12.1 Å². The van der Waals surface area contributed by atoms with Gasteiger partial charge in [0.25, 0.3) is 0 Å². The second kappa shape index (κ2) is 8.80. The number of methoxy groups -OCH3 is 1. The molecule has 128 valence electrons. The van der Waals surface area contributed by atoms with Crippen LogP contribution in [0.3, 0.4) is 0 Å². The number of benzene rings is 1. The largest absolute Gasteiger partial charge is 0.496 e. The summed E-state index contributed by atoms with van der Waals surface area (Å²) in [5.74, 6) is 0.295. The van der Waals surface area contributed by atoms with Crippen LogP contribution < -0.4 is 4.74 Å². The molecule has 0 fully saturated rings. The van der Waals surface area contributed by atoms with Gasteiger partial charge in [0.15, 0.2) is 5.78 Å². The lowest BCUT2D eigenvalue weighted by molar-refractivity contribution is 0.104. The smallest absolute Gasteiger partial charge is 0.192 e. The number of carbonyl (C=O) groups excluding carboxylic acids is 1. The Kier molecular flexibility index (Phi) is 6.75. The molecule has 0 saturated heterocycles. The molecule has 7 heteroatoms. The van der Waals surface area contributed by atoms with Crippen molar-refractivity contribution in [2.75, 3.05) is 13.7 Å². The SMILES string of the molecule is CCCCN1C=C(C=NO)S/C1=C\C(=O)c1cc(Cl)ccc1OC. The third-order valence-corrected chi connectivity index (χ3v) is 4.65. The van der Waals surface area contributed by atoms with E-state index in [1.54, 1.807) is 24.3 Å². The van der Waals surface area contributed by atoms with Crippen molar-refractivity contribution in [3.05, 3.63) is 51.0 Å². The van der Waals surface area contributed by atoms with Crippen LogP contribution >= 0.6 is 23.4 Å². The molecule has 0 aliphatic carbocycles. The van der Waals surface area contributed by atoms with E-state index in [9.17, 15) is 4.79 Å². The van der Waals surface area contributed by atoms with Crippen LogP contribution in [-0.4, -0.2) is 35.8 Å². The molecule has 1 aromatic rings. The van der Waals surface area contributed by atoms with Crippen molar-refractivity contribution in [2.45, 2.75) is 19.8 Å². The molecule has 0 aromatic heterocycles. The minimum absolute atomic E-state index is 0.186. The molecule has 0 radical (unpaired) electrons. The first kappa shape index (κ1) is 18.4. The van der Waals surface area contributed by atoms with Gasteiger partial charge in [0.1, 0.15) is 5.75 Å². The molecule has 0 saturated carbocycles. The number of oxime groups is 1. The number of carbonyl (C=O) groups is 1. The Balaban J connectivity index is 2.28. The number of hydrogen-bond donors (Lipinski definition) is 1. The molecule has 0 unspecified atom stereocenters. The fourth-order valence-corrected chi connectivity index (χ4v) is 3.34. The van der Waals surface area contributed by atoms with Gasteiger partial charge in [-0.25, -0.2) is 0 Å². The summed E-state index contributed by atoms with van der Waals surface area (Å²) in [5.41, 5.74) is 0.415. The summed E-state index contributed by atoms with van der Waals surface area (Å²) < 4.78 is 5.24. The summed E-state index contributed by atoms with van der Waals surface area (Å²) in [6.07, 6.45) is 6.82. The van der Waals surface area contributed by atoms with E-state index in [4.69, 9.17) is 21.5 Å². The van der Waals surface area contributed by atoms with Gasteiger partial charge in [0.05, 0.1) is 28.8 Å². The maximum Gasteiger partial charge on any atom is 0.192 e. The van der Waals surface area contributed by atoms with Crippen molar-refractivity contribution in [2.24, 2.45) is 5.16 Å². The van der Waals surface area contributed by atoms with Crippen molar-refractivity contribution in [1.29, 1.82) is 0 Å². The molecular formula is C17H19ClN2O3S. The zero-order valence-corrected chi connectivity index (χ0v) is 15.1. The number of halogens is 1.